The van der Waals surface area contributed by atoms with Crippen LogP contribution in [0.5, 0.6) is 11.6 Å². The molecule has 2 aromatic rings. The molecule has 0 radical (unpaired) electrons. The number of nitrogens with two attached hydrogens (primary N) is 1. The van der Waals surface area contributed by atoms with Crippen molar-refractivity contribution >= 4 is 0 Å². The van der Waals surface area contributed by atoms with Crippen molar-refractivity contribution in [1.29, 1.82) is 0 Å². The fourth-order valence-corrected chi connectivity index (χ4v) is 1.63. The molecule has 2 N–H and O–H groups in total. The number of rotatable bonds is 4. The molecule has 0 spiro atoms. The Kier molecular flexibility index (Phi) is 4.99. The fourth-order valence-electron chi connectivity index (χ4n) is 1.63. The van der Waals surface area contributed by atoms with Crippen LogP contribution in [0.25, 0.3) is 0 Å². The fraction of sp³-hybridized carbons (Fsp3) is 0.188. The minimum Gasteiger partial charge on any atom is -0.487 e. The Morgan fingerprint density at radius 3 is 2.85 bits per heavy atom. The molecule has 102 valence electrons. The lowest BCUT2D eigenvalue weighted by molar-refractivity contribution is 0.298. The van der Waals surface area contributed by atoms with Crippen molar-refractivity contribution in [2.24, 2.45) is 5.73 Å². The highest BCUT2D eigenvalue weighted by molar-refractivity contribution is 5.39. The number of benzene rings is 1. The van der Waals surface area contributed by atoms with E-state index >= 15 is 0 Å². The first-order valence-corrected chi connectivity index (χ1v) is 6.23. The van der Waals surface area contributed by atoms with Gasteiger partial charge in [0.15, 0.2) is 0 Å². The molecule has 4 nitrogen and oxygen atoms in total. The third-order valence-electron chi connectivity index (χ3n) is 2.55. The average molecular weight is 268 g/mol. The van der Waals surface area contributed by atoms with Crippen LogP contribution in [-0.4, -0.2) is 18.6 Å². The Labute approximate surface area is 118 Å². The summed E-state index contributed by atoms with van der Waals surface area (Å²) in [4.78, 5) is 4.29. The highest BCUT2D eigenvalue weighted by atomic mass is 16.5. The molecule has 0 bridgehead atoms. The molecule has 1 aromatic carbocycles. The summed E-state index contributed by atoms with van der Waals surface area (Å²) < 4.78 is 10.8. The summed E-state index contributed by atoms with van der Waals surface area (Å²) in [6.07, 6.45) is 0. The van der Waals surface area contributed by atoms with E-state index in [1.807, 2.05) is 36.4 Å². The first kappa shape index (κ1) is 13.9. The molecule has 0 atom stereocenters. The van der Waals surface area contributed by atoms with Crippen molar-refractivity contribution in [1.82, 2.24) is 4.98 Å². The highest BCUT2D eigenvalue weighted by Crippen LogP contribution is 2.15. The largest absolute Gasteiger partial charge is 0.487 e. The number of aromatic nitrogens is 1. The highest BCUT2D eigenvalue weighted by Gasteiger charge is 2.00. The van der Waals surface area contributed by atoms with E-state index in [0.717, 1.165) is 17.0 Å². The Morgan fingerprint density at radius 1 is 1.20 bits per heavy atom. The molecule has 0 aliphatic carbocycles. The molecule has 1 aromatic heterocycles. The Hall–Kier alpha value is -2.51. The van der Waals surface area contributed by atoms with E-state index in [9.17, 15) is 0 Å². The second kappa shape index (κ2) is 7.17. The van der Waals surface area contributed by atoms with Gasteiger partial charge in [0, 0.05) is 11.6 Å². The van der Waals surface area contributed by atoms with E-state index in [-0.39, 0.29) is 0 Å². The molecule has 20 heavy (non-hydrogen) atoms. The molecule has 0 amide bonds. The molecule has 2 rings (SSSR count). The van der Waals surface area contributed by atoms with Gasteiger partial charge in [-0.2, -0.15) is 0 Å². The van der Waals surface area contributed by atoms with Crippen molar-refractivity contribution in [2.45, 2.75) is 6.61 Å². The summed E-state index contributed by atoms with van der Waals surface area (Å²) >= 11 is 0. The van der Waals surface area contributed by atoms with Gasteiger partial charge in [0.05, 0.1) is 19.3 Å². The Morgan fingerprint density at radius 2 is 2.05 bits per heavy atom. The summed E-state index contributed by atoms with van der Waals surface area (Å²) in [7, 11) is 1.59. The van der Waals surface area contributed by atoms with Gasteiger partial charge in [-0.3, -0.25) is 0 Å². The zero-order chi connectivity index (χ0) is 14.2. The van der Waals surface area contributed by atoms with Crippen LogP contribution in [0.4, 0.5) is 0 Å². The number of nitrogens with zero attached hydrogens (tertiary/aromatic N) is 1. The number of pyridine rings is 1. The maximum atomic E-state index is 5.70. The van der Waals surface area contributed by atoms with Crippen molar-refractivity contribution in [3.8, 4) is 23.5 Å². The SMILES string of the molecule is COc1cccc(COc2cccc(C#CCN)c2)n1. The van der Waals surface area contributed by atoms with Gasteiger partial charge in [-0.25, -0.2) is 4.98 Å². The summed E-state index contributed by atoms with van der Waals surface area (Å²) in [5.41, 5.74) is 7.04. The predicted molar refractivity (Wildman–Crippen MR) is 77.5 cm³/mol. The van der Waals surface area contributed by atoms with Crippen LogP contribution in [0.2, 0.25) is 0 Å². The van der Waals surface area contributed by atoms with Crippen molar-refractivity contribution in [3.63, 3.8) is 0 Å². The molecule has 4 heteroatoms. The van der Waals surface area contributed by atoms with E-state index in [1.165, 1.54) is 0 Å². The van der Waals surface area contributed by atoms with Gasteiger partial charge in [0.25, 0.3) is 0 Å². The van der Waals surface area contributed by atoms with Crippen LogP contribution in [0.15, 0.2) is 42.5 Å². The minimum atomic E-state index is 0.346. The van der Waals surface area contributed by atoms with Crippen LogP contribution in [0.1, 0.15) is 11.3 Å². The molecule has 0 fully saturated rings. The summed E-state index contributed by atoms with van der Waals surface area (Å²) in [5.74, 6) is 7.11. The van der Waals surface area contributed by atoms with Gasteiger partial charge in [-0.1, -0.05) is 24.0 Å². The zero-order valence-corrected chi connectivity index (χ0v) is 11.3. The van der Waals surface area contributed by atoms with Gasteiger partial charge in [0.2, 0.25) is 5.88 Å². The molecule has 0 saturated heterocycles. The van der Waals surface area contributed by atoms with Crippen LogP contribution in [0, 0.1) is 11.8 Å². The molecule has 0 aliphatic heterocycles. The minimum absolute atomic E-state index is 0.346. The van der Waals surface area contributed by atoms with Crippen LogP contribution < -0.4 is 15.2 Å². The summed E-state index contributed by atoms with van der Waals surface area (Å²) in [5, 5.41) is 0. The van der Waals surface area contributed by atoms with Gasteiger partial charge < -0.3 is 15.2 Å². The van der Waals surface area contributed by atoms with E-state index < -0.39 is 0 Å². The predicted octanol–water partition coefficient (Wildman–Crippen LogP) is 1.98. The number of hydrogen-bond acceptors (Lipinski definition) is 4. The zero-order valence-electron chi connectivity index (χ0n) is 11.3. The topological polar surface area (TPSA) is 57.4 Å². The van der Waals surface area contributed by atoms with E-state index in [2.05, 4.69) is 16.8 Å². The number of hydrogen-bond donors (Lipinski definition) is 1. The third-order valence-corrected chi connectivity index (χ3v) is 2.55. The van der Waals surface area contributed by atoms with Gasteiger partial charge in [-0.15, -0.1) is 0 Å². The standard InChI is InChI=1S/C16H16N2O2/c1-19-16-9-3-7-14(18-16)12-20-15-8-2-5-13(11-15)6-4-10-17/h2-3,5,7-9,11H,10,12,17H2,1H3. The molecule has 1 heterocycles. The lowest BCUT2D eigenvalue weighted by atomic mass is 10.2. The van der Waals surface area contributed by atoms with E-state index in [1.54, 1.807) is 13.2 Å². The second-order valence-electron chi connectivity index (χ2n) is 3.99. The molecular formula is C16H16N2O2. The number of methoxy groups -OCH3 is 1. The molecule has 0 unspecified atom stereocenters. The van der Waals surface area contributed by atoms with Crippen molar-refractivity contribution in [2.75, 3.05) is 13.7 Å². The normalized spacial score (nSPS) is 9.50. The van der Waals surface area contributed by atoms with Gasteiger partial charge in [0.1, 0.15) is 12.4 Å². The van der Waals surface area contributed by atoms with Crippen molar-refractivity contribution < 1.29 is 9.47 Å². The first-order valence-electron chi connectivity index (χ1n) is 6.23. The summed E-state index contributed by atoms with van der Waals surface area (Å²) in [6.45, 7) is 0.726. The quantitative estimate of drug-likeness (QED) is 0.861. The lowest BCUT2D eigenvalue weighted by Crippen LogP contribution is -1.99. The van der Waals surface area contributed by atoms with E-state index in [0.29, 0.717) is 19.0 Å². The number of ether oxygens (including phenoxy) is 2. The molecular weight excluding hydrogens is 252 g/mol. The Balaban J connectivity index is 2.03. The van der Waals surface area contributed by atoms with Crippen LogP contribution in [0.3, 0.4) is 0 Å². The monoisotopic (exact) mass is 268 g/mol. The van der Waals surface area contributed by atoms with E-state index in [4.69, 9.17) is 15.2 Å². The van der Waals surface area contributed by atoms with Crippen molar-refractivity contribution in [3.05, 3.63) is 53.7 Å². The average Bonchev–Trinajstić information content (AvgIpc) is 2.51. The lowest BCUT2D eigenvalue weighted by Gasteiger charge is -2.07. The Bertz CT molecular complexity index is 630. The maximum Gasteiger partial charge on any atom is 0.213 e. The third kappa shape index (κ3) is 4.01. The van der Waals surface area contributed by atoms with Gasteiger partial charge in [-0.05, 0) is 24.3 Å². The second-order valence-corrected chi connectivity index (χ2v) is 3.99. The summed E-state index contributed by atoms with van der Waals surface area (Å²) in [6, 6.07) is 13.1. The smallest absolute Gasteiger partial charge is 0.213 e. The maximum absolute atomic E-state index is 5.70. The van der Waals surface area contributed by atoms with Gasteiger partial charge >= 0.3 is 0 Å². The van der Waals surface area contributed by atoms with Crippen LogP contribution >= 0.6 is 0 Å². The molecule has 0 aliphatic rings. The van der Waals surface area contributed by atoms with Crippen LogP contribution in [-0.2, 0) is 6.61 Å². The first-order chi connectivity index (χ1) is 9.81. The molecule has 0 saturated carbocycles.